The van der Waals surface area contributed by atoms with Crippen molar-refractivity contribution in [2.45, 2.75) is 20.1 Å². The Hall–Kier alpha value is -2.60. The smallest absolute Gasteiger partial charge is 0.176 e. The molecule has 6 heteroatoms. The van der Waals surface area contributed by atoms with Crippen LogP contribution in [0.2, 0.25) is 0 Å². The number of pyridine rings is 1. The molecular formula is C16H18N4O2. The lowest BCUT2D eigenvalue weighted by molar-refractivity contribution is 0.248. The van der Waals surface area contributed by atoms with Gasteiger partial charge in [-0.2, -0.15) is 0 Å². The Labute approximate surface area is 128 Å². The lowest BCUT2D eigenvalue weighted by Crippen LogP contribution is -2.11. The zero-order chi connectivity index (χ0) is 15.4. The first-order chi connectivity index (χ1) is 10.8. The van der Waals surface area contributed by atoms with Crippen LogP contribution in [0.4, 0.5) is 5.69 Å². The molecule has 0 spiro atoms. The van der Waals surface area contributed by atoms with Crippen molar-refractivity contribution in [3.05, 3.63) is 54.3 Å². The molecule has 0 atom stereocenters. The molecule has 3 rings (SSSR count). The maximum atomic E-state index is 9.08. The number of aromatic nitrogens is 3. The van der Waals surface area contributed by atoms with Gasteiger partial charge in [0.25, 0.3) is 0 Å². The standard InChI is InChI=1S/C16H18N4O2/c1-12-10-17-5-4-14(12)18-6-8-20-9-7-19-16(20)15-3-2-13(11-21)22-15/h2-5,7,9-10,21H,6,8,11H2,1H3,(H,17,18). The Bertz CT molecular complexity index is 748. The van der Waals surface area contributed by atoms with Crippen molar-refractivity contribution in [3.63, 3.8) is 0 Å². The number of anilines is 1. The summed E-state index contributed by atoms with van der Waals surface area (Å²) in [6.45, 7) is 3.44. The van der Waals surface area contributed by atoms with E-state index in [1.165, 1.54) is 0 Å². The lowest BCUT2D eigenvalue weighted by atomic mass is 10.2. The maximum Gasteiger partial charge on any atom is 0.176 e. The summed E-state index contributed by atoms with van der Waals surface area (Å²) in [6.07, 6.45) is 7.27. The van der Waals surface area contributed by atoms with Crippen LogP contribution in [0.3, 0.4) is 0 Å². The van der Waals surface area contributed by atoms with Gasteiger partial charge in [0.1, 0.15) is 12.4 Å². The van der Waals surface area contributed by atoms with E-state index in [1.807, 2.05) is 36.0 Å². The first kappa shape index (κ1) is 14.3. The second-order valence-corrected chi connectivity index (χ2v) is 4.99. The predicted octanol–water partition coefficient (Wildman–Crippen LogP) is 2.45. The Morgan fingerprint density at radius 2 is 2.18 bits per heavy atom. The van der Waals surface area contributed by atoms with Crippen molar-refractivity contribution in [2.24, 2.45) is 0 Å². The molecule has 0 aliphatic heterocycles. The first-order valence-electron chi connectivity index (χ1n) is 7.13. The summed E-state index contributed by atoms with van der Waals surface area (Å²) in [7, 11) is 0. The van der Waals surface area contributed by atoms with Crippen LogP contribution in [0.1, 0.15) is 11.3 Å². The highest BCUT2D eigenvalue weighted by Crippen LogP contribution is 2.20. The minimum absolute atomic E-state index is 0.108. The van der Waals surface area contributed by atoms with E-state index in [0.717, 1.165) is 30.2 Å². The number of aryl methyl sites for hydroxylation is 1. The van der Waals surface area contributed by atoms with E-state index in [-0.39, 0.29) is 6.61 Å². The monoisotopic (exact) mass is 298 g/mol. The highest BCUT2D eigenvalue weighted by Gasteiger charge is 2.10. The number of aliphatic hydroxyl groups is 1. The fraction of sp³-hybridized carbons (Fsp3) is 0.250. The Kier molecular flexibility index (Phi) is 4.20. The van der Waals surface area contributed by atoms with Crippen molar-refractivity contribution in [1.29, 1.82) is 0 Å². The highest BCUT2D eigenvalue weighted by atomic mass is 16.4. The van der Waals surface area contributed by atoms with E-state index < -0.39 is 0 Å². The van der Waals surface area contributed by atoms with E-state index >= 15 is 0 Å². The van der Waals surface area contributed by atoms with Gasteiger partial charge in [-0.15, -0.1) is 0 Å². The van der Waals surface area contributed by atoms with Gasteiger partial charge in [-0.05, 0) is 30.7 Å². The molecule has 0 fully saturated rings. The number of hydrogen-bond donors (Lipinski definition) is 2. The van der Waals surface area contributed by atoms with Crippen LogP contribution in [-0.2, 0) is 13.2 Å². The summed E-state index contributed by atoms with van der Waals surface area (Å²) in [4.78, 5) is 8.41. The summed E-state index contributed by atoms with van der Waals surface area (Å²) in [5.74, 6) is 1.96. The molecule has 114 valence electrons. The summed E-state index contributed by atoms with van der Waals surface area (Å²) >= 11 is 0. The quantitative estimate of drug-likeness (QED) is 0.731. The number of rotatable bonds is 6. The number of furan rings is 1. The van der Waals surface area contributed by atoms with Crippen molar-refractivity contribution in [1.82, 2.24) is 14.5 Å². The molecule has 0 aromatic carbocycles. The molecule has 6 nitrogen and oxygen atoms in total. The van der Waals surface area contributed by atoms with E-state index in [2.05, 4.69) is 15.3 Å². The van der Waals surface area contributed by atoms with Crippen LogP contribution in [0.25, 0.3) is 11.6 Å². The molecule has 0 aliphatic rings. The van der Waals surface area contributed by atoms with Gasteiger partial charge >= 0.3 is 0 Å². The fourth-order valence-corrected chi connectivity index (χ4v) is 2.28. The van der Waals surface area contributed by atoms with E-state index in [9.17, 15) is 0 Å². The van der Waals surface area contributed by atoms with Crippen LogP contribution >= 0.6 is 0 Å². The van der Waals surface area contributed by atoms with Gasteiger partial charge < -0.3 is 19.4 Å². The largest absolute Gasteiger partial charge is 0.455 e. The normalized spacial score (nSPS) is 10.8. The number of hydrogen-bond acceptors (Lipinski definition) is 5. The van der Waals surface area contributed by atoms with Gasteiger partial charge in [-0.3, -0.25) is 4.98 Å². The van der Waals surface area contributed by atoms with Crippen LogP contribution in [-0.4, -0.2) is 26.2 Å². The molecule has 0 radical (unpaired) electrons. The Morgan fingerprint density at radius 1 is 1.27 bits per heavy atom. The third-order valence-electron chi connectivity index (χ3n) is 3.44. The van der Waals surface area contributed by atoms with E-state index in [4.69, 9.17) is 9.52 Å². The molecule has 0 amide bonds. The second-order valence-electron chi connectivity index (χ2n) is 4.99. The molecule has 0 saturated carbocycles. The number of nitrogens with one attached hydrogen (secondary N) is 1. The minimum Gasteiger partial charge on any atom is -0.455 e. The molecule has 0 unspecified atom stereocenters. The van der Waals surface area contributed by atoms with Crippen LogP contribution < -0.4 is 5.32 Å². The average molecular weight is 298 g/mol. The summed E-state index contributed by atoms with van der Waals surface area (Å²) in [5, 5.41) is 12.5. The summed E-state index contributed by atoms with van der Waals surface area (Å²) in [5.41, 5.74) is 2.20. The minimum atomic E-state index is -0.108. The SMILES string of the molecule is Cc1cnccc1NCCn1ccnc1-c1ccc(CO)o1. The topological polar surface area (TPSA) is 76.1 Å². The third kappa shape index (κ3) is 3.01. The molecule has 22 heavy (non-hydrogen) atoms. The maximum absolute atomic E-state index is 9.08. The van der Waals surface area contributed by atoms with Crippen molar-refractivity contribution >= 4 is 5.69 Å². The van der Waals surface area contributed by atoms with Gasteiger partial charge in [0.2, 0.25) is 0 Å². The first-order valence-corrected chi connectivity index (χ1v) is 7.13. The molecule has 0 bridgehead atoms. The van der Waals surface area contributed by atoms with Crippen molar-refractivity contribution < 1.29 is 9.52 Å². The third-order valence-corrected chi connectivity index (χ3v) is 3.44. The zero-order valence-electron chi connectivity index (χ0n) is 12.4. The highest BCUT2D eigenvalue weighted by molar-refractivity contribution is 5.49. The van der Waals surface area contributed by atoms with Crippen LogP contribution in [0.15, 0.2) is 47.4 Å². The van der Waals surface area contributed by atoms with Crippen LogP contribution in [0.5, 0.6) is 0 Å². The van der Waals surface area contributed by atoms with Crippen molar-refractivity contribution in [3.8, 4) is 11.6 Å². The molecule has 3 aromatic heterocycles. The second kappa shape index (κ2) is 6.44. The van der Waals surface area contributed by atoms with Gasteiger partial charge in [-0.25, -0.2) is 4.98 Å². The number of imidazole rings is 1. The molecule has 0 saturated heterocycles. The lowest BCUT2D eigenvalue weighted by Gasteiger charge is -2.10. The zero-order valence-corrected chi connectivity index (χ0v) is 12.4. The number of aliphatic hydroxyl groups excluding tert-OH is 1. The molecular weight excluding hydrogens is 280 g/mol. The summed E-state index contributed by atoms with van der Waals surface area (Å²) < 4.78 is 7.56. The summed E-state index contributed by atoms with van der Waals surface area (Å²) in [6, 6.07) is 5.54. The van der Waals surface area contributed by atoms with E-state index in [1.54, 1.807) is 18.5 Å². The molecule has 0 aliphatic carbocycles. The molecule has 3 aromatic rings. The Balaban J connectivity index is 1.67. The Morgan fingerprint density at radius 3 is 2.95 bits per heavy atom. The molecule has 2 N–H and O–H groups in total. The predicted molar refractivity (Wildman–Crippen MR) is 83.3 cm³/mol. The van der Waals surface area contributed by atoms with Gasteiger partial charge in [-0.1, -0.05) is 0 Å². The number of nitrogens with zero attached hydrogens (tertiary/aromatic N) is 3. The van der Waals surface area contributed by atoms with Gasteiger partial charge in [0.15, 0.2) is 11.6 Å². The van der Waals surface area contributed by atoms with Gasteiger partial charge in [0, 0.05) is 43.6 Å². The van der Waals surface area contributed by atoms with E-state index in [0.29, 0.717) is 11.5 Å². The van der Waals surface area contributed by atoms with Crippen molar-refractivity contribution in [2.75, 3.05) is 11.9 Å². The average Bonchev–Trinajstić information content (AvgIpc) is 3.17. The van der Waals surface area contributed by atoms with Gasteiger partial charge in [0.05, 0.1) is 0 Å². The van der Waals surface area contributed by atoms with Crippen LogP contribution in [0, 0.1) is 6.92 Å². The molecule has 3 heterocycles. The fourth-order valence-electron chi connectivity index (χ4n) is 2.28.